The molecule has 1 aliphatic rings. The lowest BCUT2D eigenvalue weighted by molar-refractivity contribution is -0.144. The molecule has 2 unspecified atom stereocenters. The van der Waals surface area contributed by atoms with Crippen molar-refractivity contribution in [2.75, 3.05) is 26.2 Å². The predicted octanol–water partition coefficient (Wildman–Crippen LogP) is 5.88. The Balaban J connectivity index is 2.85. The normalized spacial score (nSPS) is 18.6. The smallest absolute Gasteiger partial charge is 0.433 e. The number of allylic oxidation sites excluding steroid dienone is 1. The fourth-order valence-corrected chi connectivity index (χ4v) is 4.47. The van der Waals surface area contributed by atoms with Crippen LogP contribution in [-0.4, -0.2) is 50.0 Å². The molecule has 0 N–H and O–H groups in total. The van der Waals surface area contributed by atoms with Gasteiger partial charge >= 0.3 is 18.1 Å². The van der Waals surface area contributed by atoms with Gasteiger partial charge in [0.15, 0.2) is 5.70 Å². The van der Waals surface area contributed by atoms with Gasteiger partial charge in [-0.2, -0.15) is 13.2 Å². The van der Waals surface area contributed by atoms with Gasteiger partial charge in [-0.1, -0.05) is 39.1 Å². The number of methoxy groups -OCH3 is 2. The first-order chi connectivity index (χ1) is 15.5. The molecule has 182 valence electrons. The molecule has 6 nitrogen and oxygen atoms in total. The minimum atomic E-state index is -5.01. The summed E-state index contributed by atoms with van der Waals surface area (Å²) in [5, 5.41) is 0.812. The number of ether oxygens (including phenoxy) is 3. The molecule has 0 aromatic heterocycles. The molecular formula is C21H21BrCl2F3NO5. The van der Waals surface area contributed by atoms with Gasteiger partial charge in [-0.25, -0.2) is 4.79 Å². The van der Waals surface area contributed by atoms with Crippen LogP contribution in [0.4, 0.5) is 13.2 Å². The third-order valence-electron chi connectivity index (χ3n) is 4.91. The number of alkyl halides is 4. The van der Waals surface area contributed by atoms with Crippen molar-refractivity contribution in [3.05, 3.63) is 39.0 Å². The van der Waals surface area contributed by atoms with E-state index < -0.39 is 41.2 Å². The van der Waals surface area contributed by atoms with Gasteiger partial charge in [-0.05, 0) is 31.9 Å². The third-order valence-corrected chi connectivity index (χ3v) is 5.97. The largest absolute Gasteiger partial charge is 0.492 e. The molecule has 1 aromatic carbocycles. The maximum atomic E-state index is 13.9. The highest BCUT2D eigenvalue weighted by Gasteiger charge is 2.50. The topological polar surface area (TPSA) is 74.2 Å². The minimum absolute atomic E-state index is 0.00664. The summed E-state index contributed by atoms with van der Waals surface area (Å²) in [6, 6.07) is 2.67. The van der Waals surface area contributed by atoms with Gasteiger partial charge in [0.2, 0.25) is 0 Å². The predicted molar refractivity (Wildman–Crippen MR) is 121 cm³/mol. The summed E-state index contributed by atoms with van der Waals surface area (Å²) in [5.74, 6) is -5.10. The zero-order chi connectivity index (χ0) is 24.9. The van der Waals surface area contributed by atoms with E-state index in [1.165, 1.54) is 19.1 Å². The number of rotatable bonds is 8. The zero-order valence-electron chi connectivity index (χ0n) is 17.9. The van der Waals surface area contributed by atoms with Crippen molar-refractivity contribution < 1.29 is 37.0 Å². The molecule has 33 heavy (non-hydrogen) atoms. The standard InChI is InChI=1S/C21H21BrCl2F3NO5/c1-10-14(19(29)31-2)15(16(20(30)32-3)18(28-10)21(25,26)27)12-8-11(23)9-13(24)17(12)33-7-5-4-6-22/h8-9,14-15H,4-7H2,1-3H3. The molecule has 0 amide bonds. The first-order valence-corrected chi connectivity index (χ1v) is 11.6. The van der Waals surface area contributed by atoms with Crippen LogP contribution in [0.5, 0.6) is 5.75 Å². The second kappa shape index (κ2) is 11.6. The number of hydrogen-bond acceptors (Lipinski definition) is 6. The Morgan fingerprint density at radius 2 is 1.82 bits per heavy atom. The zero-order valence-corrected chi connectivity index (χ0v) is 21.0. The molecule has 1 heterocycles. The van der Waals surface area contributed by atoms with Crippen LogP contribution >= 0.6 is 39.1 Å². The maximum absolute atomic E-state index is 13.9. The average Bonchev–Trinajstić information content (AvgIpc) is 2.75. The Kier molecular flexibility index (Phi) is 9.63. The summed E-state index contributed by atoms with van der Waals surface area (Å²) in [6.45, 7) is 1.43. The maximum Gasteiger partial charge on any atom is 0.433 e. The van der Waals surface area contributed by atoms with Crippen LogP contribution in [0.3, 0.4) is 0 Å². The van der Waals surface area contributed by atoms with E-state index in [2.05, 4.69) is 25.7 Å². The first-order valence-electron chi connectivity index (χ1n) is 9.68. The molecule has 12 heteroatoms. The molecule has 0 saturated carbocycles. The highest BCUT2D eigenvalue weighted by molar-refractivity contribution is 9.09. The fraction of sp³-hybridized carbons (Fsp3) is 0.476. The molecule has 0 aliphatic carbocycles. The van der Waals surface area contributed by atoms with Crippen molar-refractivity contribution in [1.29, 1.82) is 0 Å². The number of esters is 2. The molecule has 0 fully saturated rings. The van der Waals surface area contributed by atoms with Crippen molar-refractivity contribution in [1.82, 2.24) is 0 Å². The lowest BCUT2D eigenvalue weighted by atomic mass is 9.75. The molecule has 0 radical (unpaired) electrons. The number of carbonyl (C=O) groups excluding carboxylic acids is 2. The average molecular weight is 575 g/mol. The summed E-state index contributed by atoms with van der Waals surface area (Å²) in [5.41, 5.74) is -2.53. The van der Waals surface area contributed by atoms with Crippen LogP contribution in [0, 0.1) is 5.92 Å². The van der Waals surface area contributed by atoms with Crippen LogP contribution in [0.2, 0.25) is 10.0 Å². The van der Waals surface area contributed by atoms with Crippen LogP contribution in [0.15, 0.2) is 28.4 Å². The molecule has 2 rings (SSSR count). The summed E-state index contributed by atoms with van der Waals surface area (Å²) in [4.78, 5) is 28.9. The first kappa shape index (κ1) is 27.5. The Morgan fingerprint density at radius 1 is 1.15 bits per heavy atom. The van der Waals surface area contributed by atoms with Gasteiger partial charge in [0.05, 0.1) is 31.4 Å². The van der Waals surface area contributed by atoms with Crippen molar-refractivity contribution in [2.24, 2.45) is 10.9 Å². The summed E-state index contributed by atoms with van der Waals surface area (Å²) < 4.78 is 57.1. The highest BCUT2D eigenvalue weighted by Crippen LogP contribution is 2.49. The van der Waals surface area contributed by atoms with Crippen LogP contribution in [-0.2, 0) is 19.1 Å². The summed E-state index contributed by atoms with van der Waals surface area (Å²) in [6.07, 6.45) is -3.63. The van der Waals surface area contributed by atoms with Crippen LogP contribution in [0.1, 0.15) is 31.2 Å². The van der Waals surface area contributed by atoms with Gasteiger partial charge in [0.25, 0.3) is 0 Å². The number of aliphatic imine (C=N–C) groups is 1. The monoisotopic (exact) mass is 573 g/mol. The van der Waals surface area contributed by atoms with Gasteiger partial charge in [-0.15, -0.1) is 0 Å². The molecule has 0 spiro atoms. The Bertz CT molecular complexity index is 981. The van der Waals surface area contributed by atoms with Crippen molar-refractivity contribution in [2.45, 2.75) is 31.9 Å². The number of carbonyl (C=O) groups is 2. The number of halogens is 6. The summed E-state index contributed by atoms with van der Waals surface area (Å²) >= 11 is 15.8. The van der Waals surface area contributed by atoms with Gasteiger partial charge < -0.3 is 14.2 Å². The number of unbranched alkanes of at least 4 members (excludes halogenated alkanes) is 1. The van der Waals surface area contributed by atoms with E-state index in [9.17, 15) is 22.8 Å². The van der Waals surface area contributed by atoms with Crippen LogP contribution in [0.25, 0.3) is 0 Å². The molecular weight excluding hydrogens is 554 g/mol. The molecule has 1 aliphatic heterocycles. The van der Waals surface area contributed by atoms with E-state index in [4.69, 9.17) is 32.7 Å². The molecule has 0 saturated heterocycles. The van der Waals surface area contributed by atoms with Crippen molar-refractivity contribution in [3.8, 4) is 5.75 Å². The van der Waals surface area contributed by atoms with E-state index in [0.717, 1.165) is 26.0 Å². The Labute approximate surface area is 207 Å². The number of benzene rings is 1. The van der Waals surface area contributed by atoms with Gasteiger partial charge in [0, 0.05) is 27.5 Å². The highest BCUT2D eigenvalue weighted by atomic mass is 79.9. The van der Waals surface area contributed by atoms with E-state index in [0.29, 0.717) is 6.42 Å². The SMILES string of the molecule is COC(=O)C1=C(C(F)(F)F)N=C(C)C(C(=O)OC)C1c1cc(Cl)cc(Cl)c1OCCCCBr. The molecule has 0 bridgehead atoms. The Hall–Kier alpha value is -1.78. The third kappa shape index (κ3) is 6.22. The van der Waals surface area contributed by atoms with Gasteiger partial charge in [0.1, 0.15) is 11.7 Å². The number of hydrogen-bond donors (Lipinski definition) is 0. The van der Waals surface area contributed by atoms with Gasteiger partial charge in [-0.3, -0.25) is 9.79 Å². The second-order valence-electron chi connectivity index (χ2n) is 7.03. The number of nitrogens with zero attached hydrogens (tertiary/aromatic N) is 1. The lowest BCUT2D eigenvalue weighted by Crippen LogP contribution is -2.38. The quantitative estimate of drug-likeness (QED) is 0.220. The molecule has 1 aromatic rings. The van der Waals surface area contributed by atoms with E-state index >= 15 is 0 Å². The lowest BCUT2D eigenvalue weighted by Gasteiger charge is -2.33. The van der Waals surface area contributed by atoms with Crippen molar-refractivity contribution >= 4 is 56.8 Å². The van der Waals surface area contributed by atoms with E-state index in [1.807, 2.05) is 0 Å². The van der Waals surface area contributed by atoms with Crippen molar-refractivity contribution in [3.63, 3.8) is 0 Å². The summed E-state index contributed by atoms with van der Waals surface area (Å²) in [7, 11) is 2.01. The molecule has 2 atom stereocenters. The van der Waals surface area contributed by atoms with E-state index in [-0.39, 0.29) is 33.7 Å². The fourth-order valence-electron chi connectivity index (χ4n) is 3.51. The van der Waals surface area contributed by atoms with Crippen LogP contribution < -0.4 is 4.74 Å². The van der Waals surface area contributed by atoms with E-state index in [1.54, 1.807) is 0 Å². The second-order valence-corrected chi connectivity index (χ2v) is 8.67. The Morgan fingerprint density at radius 3 is 2.36 bits per heavy atom. The minimum Gasteiger partial charge on any atom is -0.492 e.